The molecule has 0 bridgehead atoms. The lowest BCUT2D eigenvalue weighted by atomic mass is 10.5. The van der Waals surface area contributed by atoms with Crippen LogP contribution in [0.2, 0.25) is 0 Å². The van der Waals surface area contributed by atoms with Gasteiger partial charge in [0.25, 0.3) is 0 Å². The highest BCUT2D eigenvalue weighted by Gasteiger charge is 1.88. The zero-order valence-electron chi connectivity index (χ0n) is 8.71. The third kappa shape index (κ3) is 11.9. The molecule has 0 aliphatic carbocycles. The van der Waals surface area contributed by atoms with Gasteiger partial charge >= 0.3 is 0 Å². The lowest BCUT2D eigenvalue weighted by Crippen LogP contribution is -2.05. The molecule has 0 fully saturated rings. The number of allylic oxidation sites excluding steroid dienone is 1. The number of hydrogen-bond donors (Lipinski definition) is 0. The number of halogens is 1. The molecule has 0 unspecified atom stereocenters. The van der Waals surface area contributed by atoms with E-state index in [-0.39, 0.29) is 0 Å². The number of methoxy groups -OCH3 is 1. The molecule has 0 aromatic carbocycles. The van der Waals surface area contributed by atoms with Gasteiger partial charge in [0.05, 0.1) is 19.8 Å². The van der Waals surface area contributed by atoms with E-state index in [0.717, 1.165) is 19.6 Å². The minimum Gasteiger partial charge on any atom is -0.382 e. The van der Waals surface area contributed by atoms with Crippen molar-refractivity contribution in [3.05, 3.63) is 12.2 Å². The highest BCUT2D eigenvalue weighted by molar-refractivity contribution is 6.18. The normalized spacial score (nSPS) is 11.3. The van der Waals surface area contributed by atoms with Gasteiger partial charge in [0.15, 0.2) is 0 Å². The second kappa shape index (κ2) is 12.9. The van der Waals surface area contributed by atoms with Crippen LogP contribution in [0.25, 0.3) is 0 Å². The van der Waals surface area contributed by atoms with Crippen LogP contribution < -0.4 is 0 Å². The fourth-order valence-electron chi connectivity index (χ4n) is 0.790. The SMILES string of the molecule is COCCOCCCOC/C=C/CCl. The summed E-state index contributed by atoms with van der Waals surface area (Å²) in [6.07, 6.45) is 4.70. The van der Waals surface area contributed by atoms with Crippen LogP contribution >= 0.6 is 11.6 Å². The number of ether oxygens (including phenoxy) is 3. The summed E-state index contributed by atoms with van der Waals surface area (Å²) in [4.78, 5) is 0. The molecular formula is C10H19ClO3. The van der Waals surface area contributed by atoms with Crippen molar-refractivity contribution in [2.75, 3.05) is 46.0 Å². The minimum absolute atomic E-state index is 0.545. The van der Waals surface area contributed by atoms with Crippen molar-refractivity contribution in [1.29, 1.82) is 0 Å². The van der Waals surface area contributed by atoms with E-state index in [9.17, 15) is 0 Å². The molecule has 0 atom stereocenters. The van der Waals surface area contributed by atoms with E-state index in [4.69, 9.17) is 25.8 Å². The first-order valence-electron chi connectivity index (χ1n) is 4.77. The van der Waals surface area contributed by atoms with Gasteiger partial charge in [0.2, 0.25) is 0 Å². The molecule has 4 heteroatoms. The lowest BCUT2D eigenvalue weighted by molar-refractivity contribution is 0.0552. The Morgan fingerprint density at radius 1 is 1.00 bits per heavy atom. The van der Waals surface area contributed by atoms with E-state index in [1.165, 1.54) is 0 Å². The van der Waals surface area contributed by atoms with Gasteiger partial charge in [-0.1, -0.05) is 12.2 Å². The highest BCUT2D eigenvalue weighted by Crippen LogP contribution is 1.87. The zero-order chi connectivity index (χ0) is 10.5. The first kappa shape index (κ1) is 13.9. The third-order valence-corrected chi connectivity index (χ3v) is 1.66. The Kier molecular flexibility index (Phi) is 12.8. The van der Waals surface area contributed by atoms with Gasteiger partial charge < -0.3 is 14.2 Å². The monoisotopic (exact) mass is 222 g/mol. The fraction of sp³-hybridized carbons (Fsp3) is 0.800. The molecule has 84 valence electrons. The summed E-state index contributed by atoms with van der Waals surface area (Å²) in [7, 11) is 1.66. The van der Waals surface area contributed by atoms with Gasteiger partial charge in [-0.25, -0.2) is 0 Å². The van der Waals surface area contributed by atoms with Gasteiger partial charge in [0, 0.05) is 26.2 Å². The Hall–Kier alpha value is -0.0900. The average molecular weight is 223 g/mol. The molecule has 0 aliphatic rings. The van der Waals surface area contributed by atoms with Crippen LogP contribution in [0.4, 0.5) is 0 Å². The maximum absolute atomic E-state index is 5.44. The van der Waals surface area contributed by atoms with Crippen LogP contribution in [0, 0.1) is 0 Å². The van der Waals surface area contributed by atoms with Gasteiger partial charge in [-0.15, -0.1) is 11.6 Å². The van der Waals surface area contributed by atoms with Crippen LogP contribution in [0.15, 0.2) is 12.2 Å². The van der Waals surface area contributed by atoms with E-state index >= 15 is 0 Å². The average Bonchev–Trinajstić information content (AvgIpc) is 2.21. The quantitative estimate of drug-likeness (QED) is 0.321. The van der Waals surface area contributed by atoms with E-state index < -0.39 is 0 Å². The summed E-state index contributed by atoms with van der Waals surface area (Å²) < 4.78 is 15.4. The van der Waals surface area contributed by atoms with Gasteiger partial charge in [-0.2, -0.15) is 0 Å². The number of rotatable bonds is 10. The van der Waals surface area contributed by atoms with Crippen LogP contribution in [-0.2, 0) is 14.2 Å². The number of alkyl halides is 1. The predicted octanol–water partition coefficient (Wildman–Crippen LogP) is 1.85. The van der Waals surface area contributed by atoms with E-state index in [1.54, 1.807) is 7.11 Å². The van der Waals surface area contributed by atoms with Crippen molar-refractivity contribution < 1.29 is 14.2 Å². The Balaban J connectivity index is 2.88. The Labute approximate surface area is 91.0 Å². The molecule has 0 saturated heterocycles. The molecule has 0 heterocycles. The van der Waals surface area contributed by atoms with Crippen molar-refractivity contribution >= 4 is 11.6 Å². The van der Waals surface area contributed by atoms with Crippen LogP contribution in [0.3, 0.4) is 0 Å². The second-order valence-corrected chi connectivity index (χ2v) is 2.97. The first-order chi connectivity index (χ1) is 6.91. The molecule has 3 nitrogen and oxygen atoms in total. The maximum Gasteiger partial charge on any atom is 0.0700 e. The molecule has 0 N–H and O–H groups in total. The summed E-state index contributed by atoms with van der Waals surface area (Å²) in [5.41, 5.74) is 0. The third-order valence-electron chi connectivity index (χ3n) is 1.48. The Bertz CT molecular complexity index is 129. The fourth-order valence-corrected chi connectivity index (χ4v) is 0.916. The van der Waals surface area contributed by atoms with Crippen LogP contribution in [-0.4, -0.2) is 46.0 Å². The van der Waals surface area contributed by atoms with Gasteiger partial charge in [0.1, 0.15) is 0 Å². The minimum atomic E-state index is 0.545. The molecule has 0 aromatic rings. The maximum atomic E-state index is 5.44. The van der Waals surface area contributed by atoms with Crippen molar-refractivity contribution in [3.8, 4) is 0 Å². The number of hydrogen-bond acceptors (Lipinski definition) is 3. The smallest absolute Gasteiger partial charge is 0.0700 e. The van der Waals surface area contributed by atoms with E-state index in [0.29, 0.717) is 25.7 Å². The summed E-state index contributed by atoms with van der Waals surface area (Å²) in [5, 5.41) is 0. The zero-order valence-corrected chi connectivity index (χ0v) is 9.46. The molecular weight excluding hydrogens is 204 g/mol. The summed E-state index contributed by atoms with van der Waals surface area (Å²) >= 11 is 5.44. The van der Waals surface area contributed by atoms with Crippen molar-refractivity contribution in [3.63, 3.8) is 0 Å². The van der Waals surface area contributed by atoms with E-state index in [1.807, 2.05) is 12.2 Å². The van der Waals surface area contributed by atoms with Crippen molar-refractivity contribution in [1.82, 2.24) is 0 Å². The highest BCUT2D eigenvalue weighted by atomic mass is 35.5. The van der Waals surface area contributed by atoms with Crippen molar-refractivity contribution in [2.24, 2.45) is 0 Å². The van der Waals surface area contributed by atoms with Gasteiger partial charge in [-0.3, -0.25) is 0 Å². The van der Waals surface area contributed by atoms with Gasteiger partial charge in [-0.05, 0) is 6.42 Å². The summed E-state index contributed by atoms with van der Waals surface area (Å²) in [6.45, 7) is 3.38. The van der Waals surface area contributed by atoms with Crippen LogP contribution in [0.5, 0.6) is 0 Å². The molecule has 14 heavy (non-hydrogen) atoms. The summed E-state index contributed by atoms with van der Waals surface area (Å²) in [5.74, 6) is 0.545. The molecule has 0 spiro atoms. The predicted molar refractivity (Wildman–Crippen MR) is 58.0 cm³/mol. The standard InChI is InChI=1S/C10H19ClO3/c1-12-9-10-14-8-4-7-13-6-3-2-5-11/h2-3H,4-10H2,1H3/b3-2+. The van der Waals surface area contributed by atoms with Crippen molar-refractivity contribution in [2.45, 2.75) is 6.42 Å². The topological polar surface area (TPSA) is 27.7 Å². The van der Waals surface area contributed by atoms with E-state index in [2.05, 4.69) is 0 Å². The molecule has 0 radical (unpaired) electrons. The second-order valence-electron chi connectivity index (χ2n) is 2.66. The largest absolute Gasteiger partial charge is 0.382 e. The molecule has 0 aromatic heterocycles. The Morgan fingerprint density at radius 3 is 2.50 bits per heavy atom. The first-order valence-corrected chi connectivity index (χ1v) is 5.30. The molecule has 0 amide bonds. The lowest BCUT2D eigenvalue weighted by Gasteiger charge is -2.03. The molecule has 0 rings (SSSR count). The molecule has 0 saturated carbocycles. The Morgan fingerprint density at radius 2 is 1.79 bits per heavy atom. The van der Waals surface area contributed by atoms with Crippen LogP contribution in [0.1, 0.15) is 6.42 Å². The molecule has 0 aliphatic heterocycles. The summed E-state index contributed by atoms with van der Waals surface area (Å²) in [6, 6.07) is 0.